The second kappa shape index (κ2) is 10.5. The summed E-state index contributed by atoms with van der Waals surface area (Å²) in [5.74, 6) is 1.57. The van der Waals surface area contributed by atoms with E-state index in [0.717, 1.165) is 62.6 Å². The van der Waals surface area contributed by atoms with Gasteiger partial charge in [-0.25, -0.2) is 0 Å². The minimum absolute atomic E-state index is 0.531. The number of aliphatic hydroxyl groups excluding tert-OH is 1. The van der Waals surface area contributed by atoms with Crippen molar-refractivity contribution in [2.24, 2.45) is 0 Å². The number of hydrogen-bond donors (Lipinski definition) is 2. The van der Waals surface area contributed by atoms with Gasteiger partial charge in [0.15, 0.2) is 0 Å². The Labute approximate surface area is 146 Å². The predicted molar refractivity (Wildman–Crippen MR) is 96.9 cm³/mol. The number of piperazine rings is 1. The molecule has 0 aromatic heterocycles. The van der Waals surface area contributed by atoms with Crippen molar-refractivity contribution in [2.45, 2.75) is 39.2 Å². The van der Waals surface area contributed by atoms with Crippen LogP contribution in [0.15, 0.2) is 18.2 Å². The van der Waals surface area contributed by atoms with E-state index in [1.165, 1.54) is 0 Å². The molecule has 1 atom stereocenters. The Hall–Kier alpha value is -1.30. The number of aliphatic hydroxyl groups is 1. The third kappa shape index (κ3) is 5.96. The van der Waals surface area contributed by atoms with E-state index in [1.807, 2.05) is 18.2 Å². The zero-order valence-corrected chi connectivity index (χ0v) is 15.1. The van der Waals surface area contributed by atoms with Crippen LogP contribution in [0.2, 0.25) is 0 Å². The molecule has 24 heavy (non-hydrogen) atoms. The summed E-state index contributed by atoms with van der Waals surface area (Å²) in [4.78, 5) is 2.39. The molecular weight excluding hydrogens is 304 g/mol. The molecule has 1 fully saturated rings. The van der Waals surface area contributed by atoms with E-state index in [4.69, 9.17) is 9.47 Å². The Morgan fingerprint density at radius 2 is 1.83 bits per heavy atom. The molecule has 2 N–H and O–H groups in total. The molecule has 2 rings (SSSR count). The van der Waals surface area contributed by atoms with E-state index >= 15 is 0 Å². The van der Waals surface area contributed by atoms with Gasteiger partial charge in [-0.1, -0.05) is 13.8 Å². The summed E-state index contributed by atoms with van der Waals surface area (Å²) in [6.07, 6.45) is 2.09. The molecule has 1 aromatic rings. The quantitative estimate of drug-likeness (QED) is 0.688. The average Bonchev–Trinajstić information content (AvgIpc) is 2.63. The van der Waals surface area contributed by atoms with Crippen molar-refractivity contribution < 1.29 is 14.6 Å². The number of nitrogens with one attached hydrogen (secondary N) is 1. The Morgan fingerprint density at radius 3 is 2.54 bits per heavy atom. The van der Waals surface area contributed by atoms with Crippen LogP contribution in [-0.2, 0) is 0 Å². The summed E-state index contributed by atoms with van der Waals surface area (Å²) in [6.45, 7) is 10.6. The third-order valence-corrected chi connectivity index (χ3v) is 4.20. The van der Waals surface area contributed by atoms with Gasteiger partial charge in [-0.15, -0.1) is 0 Å². The van der Waals surface area contributed by atoms with Crippen molar-refractivity contribution in [2.75, 3.05) is 45.9 Å². The maximum atomic E-state index is 10.7. The van der Waals surface area contributed by atoms with Crippen LogP contribution in [0.4, 0.5) is 0 Å². The fraction of sp³-hybridized carbons (Fsp3) is 0.684. The molecule has 1 saturated heterocycles. The molecule has 1 aliphatic heterocycles. The first-order chi connectivity index (χ1) is 11.7. The number of nitrogens with zero attached hydrogens (tertiary/aromatic N) is 1. The van der Waals surface area contributed by atoms with Crippen LogP contribution in [0.5, 0.6) is 11.5 Å². The first-order valence-corrected chi connectivity index (χ1v) is 9.25. The minimum atomic E-state index is -0.531. The van der Waals surface area contributed by atoms with Gasteiger partial charge in [0.2, 0.25) is 0 Å². The zero-order valence-electron chi connectivity index (χ0n) is 15.1. The lowest BCUT2D eigenvalue weighted by atomic mass is 10.0. The molecule has 0 aliphatic carbocycles. The SMILES string of the molecule is CCCOc1ccc(OCCC)c(C(O)CCN2CCNCC2)c1. The van der Waals surface area contributed by atoms with Gasteiger partial charge >= 0.3 is 0 Å². The van der Waals surface area contributed by atoms with Crippen molar-refractivity contribution in [3.63, 3.8) is 0 Å². The van der Waals surface area contributed by atoms with Gasteiger partial charge in [-0.2, -0.15) is 0 Å². The summed E-state index contributed by atoms with van der Waals surface area (Å²) in [6, 6.07) is 5.78. The fourth-order valence-electron chi connectivity index (χ4n) is 2.84. The van der Waals surface area contributed by atoms with Crippen LogP contribution in [-0.4, -0.2) is 55.9 Å². The molecule has 1 heterocycles. The molecule has 0 bridgehead atoms. The largest absolute Gasteiger partial charge is 0.494 e. The summed E-state index contributed by atoms with van der Waals surface area (Å²) in [5.41, 5.74) is 0.840. The third-order valence-electron chi connectivity index (χ3n) is 4.20. The first-order valence-electron chi connectivity index (χ1n) is 9.25. The molecule has 0 amide bonds. The summed E-state index contributed by atoms with van der Waals surface area (Å²) in [5, 5.41) is 14.1. The van der Waals surface area contributed by atoms with Crippen molar-refractivity contribution in [3.8, 4) is 11.5 Å². The van der Waals surface area contributed by atoms with E-state index in [-0.39, 0.29) is 0 Å². The van der Waals surface area contributed by atoms with Crippen LogP contribution >= 0.6 is 0 Å². The highest BCUT2D eigenvalue weighted by Gasteiger charge is 2.17. The van der Waals surface area contributed by atoms with Crippen LogP contribution in [0.1, 0.15) is 44.8 Å². The molecule has 0 spiro atoms. The zero-order chi connectivity index (χ0) is 17.2. The fourth-order valence-corrected chi connectivity index (χ4v) is 2.84. The molecule has 1 aromatic carbocycles. The molecule has 5 nitrogen and oxygen atoms in total. The van der Waals surface area contributed by atoms with Gasteiger partial charge in [-0.05, 0) is 37.5 Å². The molecule has 1 unspecified atom stereocenters. The second-order valence-corrected chi connectivity index (χ2v) is 6.29. The Balaban J connectivity index is 2.01. The molecule has 5 heteroatoms. The smallest absolute Gasteiger partial charge is 0.125 e. The van der Waals surface area contributed by atoms with E-state index in [2.05, 4.69) is 24.1 Å². The van der Waals surface area contributed by atoms with Crippen molar-refractivity contribution in [1.29, 1.82) is 0 Å². The second-order valence-electron chi connectivity index (χ2n) is 6.29. The Morgan fingerprint density at radius 1 is 1.12 bits per heavy atom. The van der Waals surface area contributed by atoms with E-state index in [0.29, 0.717) is 19.6 Å². The van der Waals surface area contributed by atoms with E-state index < -0.39 is 6.10 Å². The number of ether oxygens (including phenoxy) is 2. The average molecular weight is 336 g/mol. The molecule has 0 radical (unpaired) electrons. The van der Waals surface area contributed by atoms with E-state index in [9.17, 15) is 5.11 Å². The van der Waals surface area contributed by atoms with Crippen LogP contribution in [0, 0.1) is 0 Å². The Bertz CT molecular complexity index is 476. The monoisotopic (exact) mass is 336 g/mol. The van der Waals surface area contributed by atoms with Crippen molar-refractivity contribution >= 4 is 0 Å². The highest BCUT2D eigenvalue weighted by molar-refractivity contribution is 5.41. The predicted octanol–water partition coefficient (Wildman–Crippen LogP) is 2.59. The molecule has 0 saturated carbocycles. The van der Waals surface area contributed by atoms with Gasteiger partial charge in [0, 0.05) is 38.3 Å². The van der Waals surface area contributed by atoms with Crippen molar-refractivity contribution in [3.05, 3.63) is 23.8 Å². The normalized spacial score (nSPS) is 16.8. The van der Waals surface area contributed by atoms with Crippen LogP contribution < -0.4 is 14.8 Å². The molecular formula is C19H32N2O3. The lowest BCUT2D eigenvalue weighted by Gasteiger charge is -2.28. The lowest BCUT2D eigenvalue weighted by Crippen LogP contribution is -2.44. The molecule has 136 valence electrons. The van der Waals surface area contributed by atoms with Gasteiger partial charge in [0.1, 0.15) is 11.5 Å². The summed E-state index contributed by atoms with van der Waals surface area (Å²) in [7, 11) is 0. The van der Waals surface area contributed by atoms with Gasteiger partial charge in [-0.3, -0.25) is 0 Å². The minimum Gasteiger partial charge on any atom is -0.494 e. The molecule has 1 aliphatic rings. The van der Waals surface area contributed by atoms with Crippen molar-refractivity contribution in [1.82, 2.24) is 10.2 Å². The summed E-state index contributed by atoms with van der Waals surface area (Å²) >= 11 is 0. The van der Waals surface area contributed by atoms with Gasteiger partial charge < -0.3 is 24.8 Å². The first kappa shape index (κ1) is 19.0. The van der Waals surface area contributed by atoms with Crippen LogP contribution in [0.25, 0.3) is 0 Å². The standard InChI is InChI=1S/C19H32N2O3/c1-3-13-23-16-5-6-19(24-14-4-2)17(15-16)18(22)7-10-21-11-8-20-9-12-21/h5-6,15,18,20,22H,3-4,7-14H2,1-2H3. The van der Waals surface area contributed by atoms with Gasteiger partial charge in [0.25, 0.3) is 0 Å². The maximum absolute atomic E-state index is 10.7. The highest BCUT2D eigenvalue weighted by atomic mass is 16.5. The van der Waals surface area contributed by atoms with Gasteiger partial charge in [0.05, 0.1) is 19.3 Å². The highest BCUT2D eigenvalue weighted by Crippen LogP contribution is 2.31. The van der Waals surface area contributed by atoms with E-state index in [1.54, 1.807) is 0 Å². The maximum Gasteiger partial charge on any atom is 0.125 e. The Kier molecular flexibility index (Phi) is 8.36. The number of rotatable bonds is 10. The topological polar surface area (TPSA) is 54.0 Å². The van der Waals surface area contributed by atoms with Crippen LogP contribution in [0.3, 0.4) is 0 Å². The number of benzene rings is 1. The number of hydrogen-bond acceptors (Lipinski definition) is 5. The lowest BCUT2D eigenvalue weighted by molar-refractivity contribution is 0.132. The summed E-state index contributed by atoms with van der Waals surface area (Å²) < 4.78 is 11.5.